The van der Waals surface area contributed by atoms with Gasteiger partial charge in [-0.2, -0.15) is 5.26 Å². The third-order valence-corrected chi connectivity index (χ3v) is 2.91. The van der Waals surface area contributed by atoms with Crippen LogP contribution in [0.5, 0.6) is 0 Å². The molecule has 0 unspecified atom stereocenters. The molecule has 0 aromatic heterocycles. The quantitative estimate of drug-likeness (QED) is 0.797. The average Bonchev–Trinajstić information content (AvgIpc) is 2.34. The van der Waals surface area contributed by atoms with E-state index in [0.29, 0.717) is 6.42 Å². The molecule has 0 saturated heterocycles. The van der Waals surface area contributed by atoms with Crippen LogP contribution >= 0.6 is 11.6 Å². The van der Waals surface area contributed by atoms with E-state index in [9.17, 15) is 0 Å². The second-order valence-electron chi connectivity index (χ2n) is 3.91. The molecular formula is C15H12ClN. The van der Waals surface area contributed by atoms with Crippen LogP contribution < -0.4 is 0 Å². The first-order chi connectivity index (χ1) is 8.29. The Hall–Kier alpha value is -1.78. The maximum atomic E-state index is 8.80. The number of hydrogen-bond donors (Lipinski definition) is 0. The first-order valence-electron chi connectivity index (χ1n) is 5.48. The molecule has 0 spiro atoms. The molecule has 0 fully saturated rings. The molecule has 0 amide bonds. The molecule has 0 saturated carbocycles. The van der Waals surface area contributed by atoms with Crippen LogP contribution in [-0.4, -0.2) is 0 Å². The van der Waals surface area contributed by atoms with Gasteiger partial charge in [0.05, 0.1) is 12.5 Å². The van der Waals surface area contributed by atoms with Gasteiger partial charge < -0.3 is 0 Å². The molecule has 2 rings (SSSR count). The maximum absolute atomic E-state index is 8.80. The van der Waals surface area contributed by atoms with Gasteiger partial charge in [-0.25, -0.2) is 0 Å². The Morgan fingerprint density at radius 1 is 1.00 bits per heavy atom. The topological polar surface area (TPSA) is 23.8 Å². The van der Waals surface area contributed by atoms with E-state index < -0.39 is 0 Å². The van der Waals surface area contributed by atoms with Crippen LogP contribution in [0.4, 0.5) is 0 Å². The predicted octanol–water partition coefficient (Wildman–Crippen LogP) is 4.00. The van der Waals surface area contributed by atoms with Crippen LogP contribution in [0.15, 0.2) is 48.5 Å². The van der Waals surface area contributed by atoms with Crippen LogP contribution in [0.3, 0.4) is 0 Å². The normalized spacial score (nSPS) is 9.88. The van der Waals surface area contributed by atoms with E-state index in [2.05, 4.69) is 18.2 Å². The van der Waals surface area contributed by atoms with Crippen molar-refractivity contribution in [1.82, 2.24) is 0 Å². The Balaban J connectivity index is 2.31. The van der Waals surface area contributed by atoms with Crippen molar-refractivity contribution in [3.63, 3.8) is 0 Å². The van der Waals surface area contributed by atoms with Crippen molar-refractivity contribution in [2.75, 3.05) is 0 Å². The second kappa shape index (κ2) is 5.52. The fourth-order valence-corrected chi connectivity index (χ4v) is 2.03. The summed E-state index contributed by atoms with van der Waals surface area (Å²) in [6.07, 6.45) is 1.25. The number of rotatable bonds is 3. The molecule has 84 valence electrons. The summed E-state index contributed by atoms with van der Waals surface area (Å²) in [5.41, 5.74) is 3.42. The predicted molar refractivity (Wildman–Crippen MR) is 70.0 cm³/mol. The molecule has 0 N–H and O–H groups in total. The van der Waals surface area contributed by atoms with Gasteiger partial charge >= 0.3 is 0 Å². The zero-order chi connectivity index (χ0) is 12.1. The molecule has 17 heavy (non-hydrogen) atoms. The summed E-state index contributed by atoms with van der Waals surface area (Å²) in [7, 11) is 0. The molecule has 1 nitrogen and oxygen atoms in total. The third-order valence-electron chi connectivity index (χ3n) is 2.68. The highest BCUT2D eigenvalue weighted by Crippen LogP contribution is 2.19. The van der Waals surface area contributed by atoms with E-state index in [4.69, 9.17) is 16.9 Å². The Morgan fingerprint density at radius 3 is 2.47 bits per heavy atom. The van der Waals surface area contributed by atoms with E-state index in [-0.39, 0.29) is 0 Å². The Bertz CT molecular complexity index is 541. The highest BCUT2D eigenvalue weighted by molar-refractivity contribution is 6.30. The van der Waals surface area contributed by atoms with Crippen LogP contribution in [-0.2, 0) is 12.8 Å². The van der Waals surface area contributed by atoms with Gasteiger partial charge in [0.1, 0.15) is 0 Å². The Labute approximate surface area is 106 Å². The smallest absolute Gasteiger partial charge is 0.0669 e. The van der Waals surface area contributed by atoms with Gasteiger partial charge in [-0.3, -0.25) is 0 Å². The molecule has 0 radical (unpaired) electrons. The summed E-state index contributed by atoms with van der Waals surface area (Å²) in [4.78, 5) is 0. The van der Waals surface area contributed by atoms with E-state index >= 15 is 0 Å². The summed E-state index contributed by atoms with van der Waals surface area (Å²) < 4.78 is 0. The molecule has 2 heteroatoms. The van der Waals surface area contributed by atoms with Gasteiger partial charge in [0.25, 0.3) is 0 Å². The molecule has 0 bridgehead atoms. The van der Waals surface area contributed by atoms with Gasteiger partial charge in [-0.1, -0.05) is 48.0 Å². The van der Waals surface area contributed by atoms with E-state index in [0.717, 1.165) is 22.6 Å². The van der Waals surface area contributed by atoms with E-state index in [1.807, 2.05) is 36.4 Å². The summed E-state index contributed by atoms with van der Waals surface area (Å²) in [5, 5.41) is 9.52. The molecule has 0 aliphatic carbocycles. The van der Waals surface area contributed by atoms with Gasteiger partial charge in [-0.15, -0.1) is 0 Å². The summed E-state index contributed by atoms with van der Waals surface area (Å²) >= 11 is 6.00. The van der Waals surface area contributed by atoms with Crippen LogP contribution in [0.2, 0.25) is 5.02 Å². The summed E-state index contributed by atoms with van der Waals surface area (Å²) in [5.74, 6) is 0. The molecule has 0 atom stereocenters. The number of nitrogens with zero attached hydrogens (tertiary/aromatic N) is 1. The molecular weight excluding hydrogens is 230 g/mol. The van der Waals surface area contributed by atoms with E-state index in [1.165, 1.54) is 5.56 Å². The highest BCUT2D eigenvalue weighted by Gasteiger charge is 2.04. The van der Waals surface area contributed by atoms with Crippen LogP contribution in [0, 0.1) is 11.3 Å². The zero-order valence-corrected chi connectivity index (χ0v) is 10.1. The average molecular weight is 242 g/mol. The van der Waals surface area contributed by atoms with Crippen LogP contribution in [0.1, 0.15) is 16.7 Å². The van der Waals surface area contributed by atoms with Gasteiger partial charge in [-0.05, 0) is 35.2 Å². The van der Waals surface area contributed by atoms with Crippen molar-refractivity contribution in [3.05, 3.63) is 70.2 Å². The van der Waals surface area contributed by atoms with Crippen molar-refractivity contribution in [1.29, 1.82) is 5.26 Å². The minimum absolute atomic E-state index is 0.430. The SMILES string of the molecule is N#CCc1ccc(Cl)cc1Cc1ccccc1. The van der Waals surface area contributed by atoms with Gasteiger partial charge in [0, 0.05) is 5.02 Å². The Kier molecular flexibility index (Phi) is 3.80. The molecule has 0 heterocycles. The van der Waals surface area contributed by atoms with Crippen molar-refractivity contribution in [3.8, 4) is 6.07 Å². The first-order valence-corrected chi connectivity index (χ1v) is 5.85. The standard InChI is InChI=1S/C15H12ClN/c16-15-7-6-13(8-9-17)14(11-15)10-12-4-2-1-3-5-12/h1-7,11H,8,10H2. The highest BCUT2D eigenvalue weighted by atomic mass is 35.5. The Morgan fingerprint density at radius 2 is 1.76 bits per heavy atom. The van der Waals surface area contributed by atoms with Crippen molar-refractivity contribution in [2.24, 2.45) is 0 Å². The number of nitriles is 1. The van der Waals surface area contributed by atoms with Gasteiger partial charge in [0.2, 0.25) is 0 Å². The van der Waals surface area contributed by atoms with E-state index in [1.54, 1.807) is 0 Å². The van der Waals surface area contributed by atoms with Crippen molar-refractivity contribution < 1.29 is 0 Å². The largest absolute Gasteiger partial charge is 0.198 e. The number of hydrogen-bond acceptors (Lipinski definition) is 1. The second-order valence-corrected chi connectivity index (χ2v) is 4.35. The first kappa shape index (κ1) is 11.7. The lowest BCUT2D eigenvalue weighted by molar-refractivity contribution is 1.12. The molecule has 2 aromatic rings. The molecule has 2 aromatic carbocycles. The minimum atomic E-state index is 0.430. The van der Waals surface area contributed by atoms with Gasteiger partial charge in [0.15, 0.2) is 0 Å². The lowest BCUT2D eigenvalue weighted by Crippen LogP contribution is -1.95. The summed E-state index contributed by atoms with van der Waals surface area (Å²) in [6, 6.07) is 18.1. The fourth-order valence-electron chi connectivity index (χ4n) is 1.83. The third kappa shape index (κ3) is 3.09. The van der Waals surface area contributed by atoms with Crippen LogP contribution in [0.25, 0.3) is 0 Å². The lowest BCUT2D eigenvalue weighted by atomic mass is 9.98. The fraction of sp³-hybridized carbons (Fsp3) is 0.133. The molecule has 0 aliphatic heterocycles. The lowest BCUT2D eigenvalue weighted by Gasteiger charge is -2.07. The number of benzene rings is 2. The zero-order valence-electron chi connectivity index (χ0n) is 9.36. The number of halogens is 1. The van der Waals surface area contributed by atoms with Crippen molar-refractivity contribution in [2.45, 2.75) is 12.8 Å². The summed E-state index contributed by atoms with van der Waals surface area (Å²) in [6.45, 7) is 0. The molecule has 0 aliphatic rings. The minimum Gasteiger partial charge on any atom is -0.198 e. The maximum Gasteiger partial charge on any atom is 0.0669 e. The van der Waals surface area contributed by atoms with Crippen molar-refractivity contribution >= 4 is 11.6 Å². The monoisotopic (exact) mass is 241 g/mol.